The molecule has 1 aromatic carbocycles. The first-order chi connectivity index (χ1) is 11.9. The average molecular weight is 341 g/mol. The van der Waals surface area contributed by atoms with E-state index in [-0.39, 0.29) is 29.1 Å². The van der Waals surface area contributed by atoms with E-state index in [9.17, 15) is 20.0 Å². The maximum atomic E-state index is 12.5. The third-order valence-electron chi connectivity index (χ3n) is 3.87. The molecule has 7 heteroatoms. The van der Waals surface area contributed by atoms with Gasteiger partial charge in [0.05, 0.1) is 35.3 Å². The fourth-order valence-electron chi connectivity index (χ4n) is 2.80. The summed E-state index contributed by atoms with van der Waals surface area (Å²) >= 11 is 0. The molecule has 25 heavy (non-hydrogen) atoms. The van der Waals surface area contributed by atoms with Gasteiger partial charge >= 0.3 is 11.9 Å². The quantitative estimate of drug-likeness (QED) is 0.696. The first kappa shape index (κ1) is 18.1. The second-order valence-corrected chi connectivity index (χ2v) is 5.56. The number of hydrogen-bond acceptors (Lipinski definition) is 6. The minimum Gasteiger partial charge on any atom is -0.478 e. The maximum absolute atomic E-state index is 12.5. The Hall–Kier alpha value is -3.27. The molecule has 1 aromatic rings. The molecule has 0 radical (unpaired) electrons. The number of allylic oxidation sites excluding steroid dienone is 1. The van der Waals surface area contributed by atoms with E-state index in [1.54, 1.807) is 31.2 Å². The molecule has 0 spiro atoms. The predicted molar refractivity (Wildman–Crippen MR) is 89.8 cm³/mol. The van der Waals surface area contributed by atoms with Crippen LogP contribution in [0.5, 0.6) is 0 Å². The molecule has 0 amide bonds. The molecule has 1 heterocycles. The molecule has 7 nitrogen and oxygen atoms in total. The number of ether oxygens (including phenoxy) is 1. The van der Waals surface area contributed by atoms with Gasteiger partial charge in [-0.25, -0.2) is 9.59 Å². The Morgan fingerprint density at radius 2 is 2.04 bits per heavy atom. The molecular weight excluding hydrogens is 322 g/mol. The summed E-state index contributed by atoms with van der Waals surface area (Å²) in [6.45, 7) is 3.60. The Labute approximate surface area is 145 Å². The third kappa shape index (κ3) is 3.48. The van der Waals surface area contributed by atoms with Crippen LogP contribution in [0.2, 0.25) is 0 Å². The van der Waals surface area contributed by atoms with Crippen molar-refractivity contribution in [3.05, 3.63) is 58.1 Å². The highest BCUT2D eigenvalue weighted by Gasteiger charge is 2.38. The van der Waals surface area contributed by atoms with E-state index in [4.69, 9.17) is 10.5 Å². The topological polar surface area (TPSA) is 125 Å². The number of nitrogens with two attached hydrogens (primary N) is 1. The molecule has 1 atom stereocenters. The van der Waals surface area contributed by atoms with Crippen molar-refractivity contribution in [2.75, 3.05) is 6.61 Å². The Kier molecular flexibility index (Phi) is 5.45. The number of rotatable bonds is 5. The lowest BCUT2D eigenvalue weighted by Crippen LogP contribution is -2.36. The van der Waals surface area contributed by atoms with Crippen LogP contribution in [0.1, 0.15) is 37.3 Å². The fraction of sp³-hybridized carbons (Fsp3) is 0.278. The van der Waals surface area contributed by atoms with Crippen LogP contribution in [-0.2, 0) is 14.3 Å². The largest absolute Gasteiger partial charge is 0.478 e. The molecule has 4 N–H and O–H groups in total. The zero-order valence-corrected chi connectivity index (χ0v) is 14.0. The van der Waals surface area contributed by atoms with Crippen LogP contribution in [-0.4, -0.2) is 23.7 Å². The van der Waals surface area contributed by atoms with E-state index >= 15 is 0 Å². The van der Waals surface area contributed by atoms with Crippen molar-refractivity contribution in [2.24, 2.45) is 5.73 Å². The van der Waals surface area contributed by atoms with Gasteiger partial charge in [0.15, 0.2) is 0 Å². The van der Waals surface area contributed by atoms with E-state index in [2.05, 4.69) is 5.32 Å². The lowest BCUT2D eigenvalue weighted by Gasteiger charge is -2.29. The number of dihydropyridines is 1. The van der Waals surface area contributed by atoms with Crippen LogP contribution in [0.25, 0.3) is 0 Å². The zero-order valence-electron chi connectivity index (χ0n) is 14.0. The molecule has 2 rings (SSSR count). The average Bonchev–Trinajstić information content (AvgIpc) is 2.58. The first-order valence-corrected chi connectivity index (χ1v) is 7.79. The number of carbonyl (C=O) groups is 2. The predicted octanol–water partition coefficient (Wildman–Crippen LogP) is 1.73. The molecule has 1 aliphatic rings. The monoisotopic (exact) mass is 341 g/mol. The van der Waals surface area contributed by atoms with Crippen LogP contribution in [0.3, 0.4) is 0 Å². The molecule has 0 saturated heterocycles. The van der Waals surface area contributed by atoms with Crippen LogP contribution in [0.15, 0.2) is 46.9 Å². The van der Waals surface area contributed by atoms with Crippen molar-refractivity contribution >= 4 is 11.9 Å². The molecule has 0 aliphatic carbocycles. The number of nitrogens with one attached hydrogen (secondary N) is 1. The van der Waals surface area contributed by atoms with E-state index < -0.39 is 17.9 Å². The van der Waals surface area contributed by atoms with Crippen molar-refractivity contribution in [2.45, 2.75) is 26.2 Å². The highest BCUT2D eigenvalue weighted by molar-refractivity contribution is 5.99. The number of carboxylic acid groups (broad SMARTS) is 1. The Morgan fingerprint density at radius 1 is 1.36 bits per heavy atom. The summed E-state index contributed by atoms with van der Waals surface area (Å²) in [5, 5.41) is 21.8. The lowest BCUT2D eigenvalue weighted by molar-refractivity contribution is -0.139. The molecule has 130 valence electrons. The molecule has 1 unspecified atom stereocenters. The highest BCUT2D eigenvalue weighted by atomic mass is 16.5. The highest BCUT2D eigenvalue weighted by Crippen LogP contribution is 2.39. The maximum Gasteiger partial charge on any atom is 0.338 e. The number of nitriles is 1. The van der Waals surface area contributed by atoms with Crippen LogP contribution < -0.4 is 11.1 Å². The molecule has 0 fully saturated rings. The summed E-state index contributed by atoms with van der Waals surface area (Å²) in [6, 6.07) is 8.56. The molecule has 0 saturated carbocycles. The summed E-state index contributed by atoms with van der Waals surface area (Å²) < 4.78 is 5.17. The summed E-state index contributed by atoms with van der Waals surface area (Å²) in [5.74, 6) is -2.85. The van der Waals surface area contributed by atoms with Gasteiger partial charge in [0, 0.05) is 5.70 Å². The number of carbonyl (C=O) groups excluding carboxylic acids is 1. The lowest BCUT2D eigenvalue weighted by atomic mass is 9.79. The van der Waals surface area contributed by atoms with Crippen molar-refractivity contribution in [3.8, 4) is 6.07 Å². The summed E-state index contributed by atoms with van der Waals surface area (Å²) in [7, 11) is 0. The number of carboxylic acids is 1. The van der Waals surface area contributed by atoms with Crippen LogP contribution in [0.4, 0.5) is 0 Å². The SMILES string of the molecule is CCCOC(=O)C1=C(N)NC(C)=C(C(=O)O)C1c1ccccc1C#N. The Balaban J connectivity index is 2.68. The minimum absolute atomic E-state index is 0.000787. The van der Waals surface area contributed by atoms with Crippen molar-refractivity contribution in [1.29, 1.82) is 5.26 Å². The number of benzene rings is 1. The van der Waals surface area contributed by atoms with E-state index in [1.165, 1.54) is 0 Å². The zero-order chi connectivity index (χ0) is 18.6. The number of aliphatic carboxylic acids is 1. The Bertz CT molecular complexity index is 818. The number of esters is 1. The molecule has 1 aliphatic heterocycles. The van der Waals surface area contributed by atoms with E-state index in [1.807, 2.05) is 13.0 Å². The summed E-state index contributed by atoms with van der Waals surface area (Å²) in [4.78, 5) is 24.4. The normalized spacial score (nSPS) is 16.9. The van der Waals surface area contributed by atoms with Gasteiger partial charge in [-0.3, -0.25) is 0 Å². The number of hydrogen-bond donors (Lipinski definition) is 3. The van der Waals surface area contributed by atoms with Crippen LogP contribution in [0, 0.1) is 11.3 Å². The molecular formula is C18H19N3O4. The summed E-state index contributed by atoms with van der Waals surface area (Å²) in [5.41, 5.74) is 6.92. The fourth-order valence-corrected chi connectivity index (χ4v) is 2.80. The van der Waals surface area contributed by atoms with E-state index in [0.29, 0.717) is 17.7 Å². The van der Waals surface area contributed by atoms with Crippen molar-refractivity contribution < 1.29 is 19.4 Å². The summed E-state index contributed by atoms with van der Waals surface area (Å²) in [6.07, 6.45) is 0.618. The second-order valence-electron chi connectivity index (χ2n) is 5.56. The number of nitrogens with zero attached hydrogens (tertiary/aromatic N) is 1. The van der Waals surface area contributed by atoms with Gasteiger partial charge in [0.2, 0.25) is 0 Å². The van der Waals surface area contributed by atoms with Gasteiger partial charge in [-0.2, -0.15) is 5.26 Å². The van der Waals surface area contributed by atoms with Crippen molar-refractivity contribution in [1.82, 2.24) is 5.32 Å². The van der Waals surface area contributed by atoms with Gasteiger partial charge in [-0.05, 0) is 25.0 Å². The minimum atomic E-state index is -1.20. The molecule has 0 aromatic heterocycles. The molecule has 0 bridgehead atoms. The van der Waals surface area contributed by atoms with E-state index in [0.717, 1.165) is 0 Å². The second kappa shape index (κ2) is 7.53. The van der Waals surface area contributed by atoms with Gasteiger partial charge in [0.25, 0.3) is 0 Å². The third-order valence-corrected chi connectivity index (χ3v) is 3.87. The Morgan fingerprint density at radius 3 is 2.64 bits per heavy atom. The standard InChI is InChI=1S/C18H19N3O4/c1-3-8-25-18(24)15-14(12-7-5-4-6-11(12)9-19)13(17(22)23)10(2)21-16(15)20/h4-7,14,21H,3,8,20H2,1-2H3,(H,22,23). The van der Waals surface area contributed by atoms with Gasteiger partial charge in [-0.1, -0.05) is 25.1 Å². The van der Waals surface area contributed by atoms with Gasteiger partial charge < -0.3 is 20.9 Å². The van der Waals surface area contributed by atoms with Gasteiger partial charge in [0.1, 0.15) is 5.82 Å². The van der Waals surface area contributed by atoms with Crippen LogP contribution >= 0.6 is 0 Å². The van der Waals surface area contributed by atoms with Crippen molar-refractivity contribution in [3.63, 3.8) is 0 Å². The first-order valence-electron chi connectivity index (χ1n) is 7.79. The smallest absolute Gasteiger partial charge is 0.338 e. The van der Waals surface area contributed by atoms with Gasteiger partial charge in [-0.15, -0.1) is 0 Å².